The second-order valence-corrected chi connectivity index (χ2v) is 12.9. The number of nitrogens with two attached hydrogens (primary N) is 1. The third-order valence-electron chi connectivity index (χ3n) is 8.78. The summed E-state index contributed by atoms with van der Waals surface area (Å²) in [5, 5.41) is 57.1. The van der Waals surface area contributed by atoms with E-state index >= 15 is 0 Å². The Morgan fingerprint density at radius 3 is 2.09 bits per heavy atom. The molecule has 2 unspecified atom stereocenters. The van der Waals surface area contributed by atoms with E-state index in [0.29, 0.717) is 24.3 Å². The van der Waals surface area contributed by atoms with E-state index in [1.165, 1.54) is 11.0 Å². The average Bonchev–Trinajstić information content (AvgIpc) is 2.94. The lowest BCUT2D eigenvalue weighted by Gasteiger charge is -2.50. The lowest BCUT2D eigenvalue weighted by atomic mass is 9.58. The molecule has 0 fully saturated rings. The first kappa shape index (κ1) is 37.4. The molecule has 0 aliphatic heterocycles. The number of unbranched alkanes of at least 4 members (excludes halogenated alkanes) is 2. The van der Waals surface area contributed by atoms with Crippen LogP contribution in [0.2, 0.25) is 0 Å². The van der Waals surface area contributed by atoms with Crippen molar-refractivity contribution < 1.29 is 57.3 Å². The number of fused-ring (bicyclic) bond motifs is 3. The zero-order valence-electron chi connectivity index (χ0n) is 26.3. The van der Waals surface area contributed by atoms with Crippen LogP contribution in [0.5, 0.6) is 5.75 Å². The number of phenols is 1. The van der Waals surface area contributed by atoms with Gasteiger partial charge in [-0.3, -0.25) is 38.5 Å². The standard InChI is InChI=1S/C29H38N4O9.H2O4S/c1-5-7-9-32(10-8-6-2)17-13-18(33(41)42)23(34)20-15(17)11-14-12-16-22(31(3)4)25(36)21(28(30)39)27(38)29(16,40)26(37)19(14)24(20)35;1-5(2,3)4/h13-14,16,22,34,36-37,40H,5-12H2,1-4H3,(H2,30,39);(H2,1,2,3,4)/t14?,16?,22-,29-;/m0./s1. The van der Waals surface area contributed by atoms with Gasteiger partial charge >= 0.3 is 16.1 Å². The lowest BCUT2D eigenvalue weighted by molar-refractivity contribution is -0.385. The molecular weight excluding hydrogens is 644 g/mol. The second kappa shape index (κ2) is 13.9. The summed E-state index contributed by atoms with van der Waals surface area (Å²) in [7, 11) is -1.55. The number of allylic oxidation sites excluding steroid dienone is 1. The Morgan fingerprint density at radius 2 is 1.64 bits per heavy atom. The number of aromatic hydroxyl groups is 1. The van der Waals surface area contributed by atoms with E-state index < -0.39 is 84.8 Å². The number of amides is 1. The number of nitro groups is 1. The first-order valence-electron chi connectivity index (χ1n) is 14.9. The Hall–Kier alpha value is -4.10. The van der Waals surface area contributed by atoms with E-state index in [4.69, 9.17) is 23.3 Å². The highest BCUT2D eigenvalue weighted by molar-refractivity contribution is 7.79. The van der Waals surface area contributed by atoms with Crippen LogP contribution < -0.4 is 10.6 Å². The molecule has 8 N–H and O–H groups in total. The number of primary amides is 1. The molecule has 18 heteroatoms. The molecule has 0 heterocycles. The van der Waals surface area contributed by atoms with Crippen molar-refractivity contribution in [3.8, 4) is 5.75 Å². The molecule has 3 aliphatic rings. The van der Waals surface area contributed by atoms with Crippen LogP contribution in [0.1, 0.15) is 61.9 Å². The van der Waals surface area contributed by atoms with Crippen LogP contribution in [0.15, 0.2) is 28.7 Å². The van der Waals surface area contributed by atoms with Crippen molar-refractivity contribution in [3.05, 3.63) is 50.0 Å². The molecule has 47 heavy (non-hydrogen) atoms. The van der Waals surface area contributed by atoms with Crippen molar-refractivity contribution in [2.24, 2.45) is 17.6 Å². The summed E-state index contributed by atoms with van der Waals surface area (Å²) in [6, 6.07) is 0.173. The van der Waals surface area contributed by atoms with Crippen LogP contribution in [0.3, 0.4) is 0 Å². The van der Waals surface area contributed by atoms with Gasteiger partial charge in [0.05, 0.1) is 16.5 Å². The fraction of sp³-hybridized carbons (Fsp3) is 0.552. The summed E-state index contributed by atoms with van der Waals surface area (Å²) < 4.78 is 31.6. The van der Waals surface area contributed by atoms with E-state index in [2.05, 4.69) is 0 Å². The Labute approximate surface area is 270 Å². The van der Waals surface area contributed by atoms with Gasteiger partial charge in [0, 0.05) is 36.3 Å². The molecule has 0 spiro atoms. The van der Waals surface area contributed by atoms with Crippen molar-refractivity contribution >= 4 is 39.2 Å². The third-order valence-corrected chi connectivity index (χ3v) is 8.78. The summed E-state index contributed by atoms with van der Waals surface area (Å²) in [5.74, 6) is -8.05. The van der Waals surface area contributed by atoms with Crippen LogP contribution in [0.25, 0.3) is 0 Å². The highest BCUT2D eigenvalue weighted by atomic mass is 32.3. The maximum absolute atomic E-state index is 14.1. The molecule has 260 valence electrons. The number of nitro benzene ring substituents is 1. The number of hydrogen-bond acceptors (Lipinski definition) is 13. The summed E-state index contributed by atoms with van der Waals surface area (Å²) >= 11 is 0. The van der Waals surface area contributed by atoms with Gasteiger partial charge in [-0.05, 0) is 51.3 Å². The van der Waals surface area contributed by atoms with E-state index in [9.17, 15) is 44.9 Å². The Morgan fingerprint density at radius 1 is 1.11 bits per heavy atom. The van der Waals surface area contributed by atoms with Crippen LogP contribution in [0, 0.1) is 22.0 Å². The van der Waals surface area contributed by atoms with Crippen LogP contribution >= 0.6 is 0 Å². The van der Waals surface area contributed by atoms with Crippen LogP contribution in [-0.4, -0.2) is 104 Å². The monoisotopic (exact) mass is 684 g/mol. The predicted molar refractivity (Wildman–Crippen MR) is 167 cm³/mol. The van der Waals surface area contributed by atoms with Gasteiger partial charge in [-0.1, -0.05) is 26.7 Å². The van der Waals surface area contributed by atoms with Crippen molar-refractivity contribution in [2.45, 2.75) is 64.0 Å². The van der Waals surface area contributed by atoms with Gasteiger partial charge in [-0.2, -0.15) is 8.42 Å². The van der Waals surface area contributed by atoms with Crippen molar-refractivity contribution in [2.75, 3.05) is 32.1 Å². The van der Waals surface area contributed by atoms with Crippen LogP contribution in [0.4, 0.5) is 11.4 Å². The van der Waals surface area contributed by atoms with Gasteiger partial charge in [0.1, 0.15) is 17.1 Å². The lowest BCUT2D eigenvalue weighted by Crippen LogP contribution is -2.63. The predicted octanol–water partition coefficient (Wildman–Crippen LogP) is 1.78. The molecular formula is C29H40N4O13S. The van der Waals surface area contributed by atoms with Gasteiger partial charge in [0.25, 0.3) is 5.91 Å². The number of aliphatic hydroxyl groups excluding tert-OH is 2. The normalized spacial score (nSPS) is 23.9. The molecule has 0 aromatic heterocycles. The quantitative estimate of drug-likeness (QED) is 0.0800. The maximum Gasteiger partial charge on any atom is 0.394 e. The number of aliphatic hydroxyl groups is 3. The number of carbonyl (C=O) groups excluding carboxylic acids is 3. The minimum Gasteiger partial charge on any atom is -0.510 e. The number of nitrogens with zero attached hydrogens (tertiary/aromatic N) is 3. The smallest absolute Gasteiger partial charge is 0.394 e. The molecule has 1 amide bonds. The number of carbonyl (C=O) groups is 3. The second-order valence-electron chi connectivity index (χ2n) is 12.0. The molecule has 3 aliphatic carbocycles. The van der Waals surface area contributed by atoms with Crippen molar-refractivity contribution in [1.29, 1.82) is 0 Å². The zero-order valence-corrected chi connectivity index (χ0v) is 27.2. The fourth-order valence-electron chi connectivity index (χ4n) is 6.76. The molecule has 0 radical (unpaired) electrons. The van der Waals surface area contributed by atoms with Gasteiger partial charge in [0.15, 0.2) is 11.4 Å². The zero-order chi connectivity index (χ0) is 35.8. The molecule has 0 bridgehead atoms. The Kier molecular flexibility index (Phi) is 11.1. The Bertz CT molecular complexity index is 1640. The van der Waals surface area contributed by atoms with E-state index in [1.807, 2.05) is 18.7 Å². The first-order chi connectivity index (χ1) is 21.7. The minimum absolute atomic E-state index is 0.0597. The van der Waals surface area contributed by atoms with Gasteiger partial charge < -0.3 is 31.1 Å². The highest BCUT2D eigenvalue weighted by Gasteiger charge is 2.63. The SMILES string of the molecule is CCCCN(CCCC)c1cc([N+](=O)[O-])c(O)c2c1CC1CC3[C@H](N(C)C)C(O)=C(C(N)=O)C(=O)[C@@]3(O)C(O)=C1C2=O.O=S(=O)(O)O. The number of phenolic OH excluding ortho intramolecular Hbond substituents is 1. The summed E-state index contributed by atoms with van der Waals surface area (Å²) in [5.41, 5.74) is 1.11. The summed E-state index contributed by atoms with van der Waals surface area (Å²) in [6.45, 7) is 5.15. The molecule has 0 saturated carbocycles. The number of Topliss-reactive ketones (excluding diaryl/α,β-unsaturated/α-hetero) is 2. The van der Waals surface area contributed by atoms with Crippen molar-refractivity contribution in [3.63, 3.8) is 0 Å². The highest BCUT2D eigenvalue weighted by Crippen LogP contribution is 2.54. The molecule has 1 aromatic carbocycles. The number of hydrogen-bond donors (Lipinski definition) is 7. The van der Waals surface area contributed by atoms with E-state index in [1.54, 1.807) is 14.1 Å². The van der Waals surface area contributed by atoms with E-state index in [0.717, 1.165) is 25.7 Å². The fourth-order valence-corrected chi connectivity index (χ4v) is 6.76. The number of ketones is 2. The van der Waals surface area contributed by atoms with Crippen molar-refractivity contribution in [1.82, 2.24) is 4.90 Å². The Balaban J connectivity index is 0.00000111. The van der Waals surface area contributed by atoms with Gasteiger partial charge in [0.2, 0.25) is 11.5 Å². The number of anilines is 1. The molecule has 0 saturated heterocycles. The molecule has 17 nitrogen and oxygen atoms in total. The first-order valence-corrected chi connectivity index (χ1v) is 16.3. The molecule has 1 aromatic rings. The average molecular weight is 685 g/mol. The maximum atomic E-state index is 14.1. The number of likely N-dealkylation sites (N-methyl/N-ethyl adjacent to an activating group) is 1. The number of rotatable bonds is 10. The summed E-state index contributed by atoms with van der Waals surface area (Å²) in [6.07, 6.45) is 3.28. The third kappa shape index (κ3) is 6.96. The van der Waals surface area contributed by atoms with Gasteiger partial charge in [-0.25, -0.2) is 0 Å². The number of benzene rings is 1. The minimum atomic E-state index is -4.67. The summed E-state index contributed by atoms with van der Waals surface area (Å²) in [4.78, 5) is 54.3. The molecule has 4 atom stereocenters. The van der Waals surface area contributed by atoms with E-state index in [-0.39, 0.29) is 24.0 Å². The molecule has 4 rings (SSSR count). The largest absolute Gasteiger partial charge is 0.510 e. The topological polar surface area (TPSA) is 282 Å². The van der Waals surface area contributed by atoms with Crippen LogP contribution in [-0.2, 0) is 26.4 Å². The van der Waals surface area contributed by atoms with Gasteiger partial charge in [-0.15, -0.1) is 0 Å².